The minimum absolute atomic E-state index is 0.947. The van der Waals surface area contributed by atoms with Crippen LogP contribution in [0.4, 0.5) is 0 Å². The van der Waals surface area contributed by atoms with Gasteiger partial charge in [0.15, 0.2) is 0 Å². The van der Waals surface area contributed by atoms with Gasteiger partial charge in [0, 0.05) is 9.13 Å². The van der Waals surface area contributed by atoms with E-state index in [9.17, 15) is 0 Å². The van der Waals surface area contributed by atoms with Gasteiger partial charge < -0.3 is 4.42 Å². The standard InChI is InChI=1S/C11H9IO/c1-8-6-7-11(13-8)9-4-2-3-5-10(9)12/h2-7H,1H3. The molecule has 66 valence electrons. The van der Waals surface area contributed by atoms with Crippen LogP contribution in [0.2, 0.25) is 0 Å². The Labute approximate surface area is 90.9 Å². The van der Waals surface area contributed by atoms with Gasteiger partial charge in [-0.05, 0) is 47.7 Å². The molecule has 2 aromatic rings. The third kappa shape index (κ3) is 1.77. The number of hydrogen-bond acceptors (Lipinski definition) is 1. The van der Waals surface area contributed by atoms with E-state index in [0.29, 0.717) is 0 Å². The zero-order chi connectivity index (χ0) is 9.26. The summed E-state index contributed by atoms with van der Waals surface area (Å²) >= 11 is 2.31. The van der Waals surface area contributed by atoms with Crippen LogP contribution in [0.5, 0.6) is 0 Å². The lowest BCUT2D eigenvalue weighted by Gasteiger charge is -1.98. The first-order valence-corrected chi connectivity index (χ1v) is 5.16. The Morgan fingerprint density at radius 1 is 1.08 bits per heavy atom. The Morgan fingerprint density at radius 3 is 2.46 bits per heavy atom. The fourth-order valence-corrected chi connectivity index (χ4v) is 1.89. The van der Waals surface area contributed by atoms with Gasteiger partial charge in [-0.25, -0.2) is 0 Å². The molecule has 0 spiro atoms. The zero-order valence-corrected chi connectivity index (χ0v) is 9.41. The molecule has 0 aliphatic rings. The van der Waals surface area contributed by atoms with Crippen molar-refractivity contribution in [3.8, 4) is 11.3 Å². The van der Waals surface area contributed by atoms with Crippen molar-refractivity contribution in [1.29, 1.82) is 0 Å². The van der Waals surface area contributed by atoms with Crippen LogP contribution in [0.1, 0.15) is 5.76 Å². The predicted molar refractivity (Wildman–Crippen MR) is 61.6 cm³/mol. The number of furan rings is 1. The molecule has 0 unspecified atom stereocenters. The Hall–Kier alpha value is -0.770. The van der Waals surface area contributed by atoms with E-state index in [4.69, 9.17) is 4.42 Å². The van der Waals surface area contributed by atoms with Crippen LogP contribution in [0.15, 0.2) is 40.8 Å². The minimum Gasteiger partial charge on any atom is -0.461 e. The van der Waals surface area contributed by atoms with E-state index in [1.807, 2.05) is 31.2 Å². The summed E-state index contributed by atoms with van der Waals surface area (Å²) in [6.45, 7) is 1.96. The highest BCUT2D eigenvalue weighted by molar-refractivity contribution is 14.1. The third-order valence-corrected chi connectivity index (χ3v) is 2.82. The van der Waals surface area contributed by atoms with Crippen LogP contribution >= 0.6 is 22.6 Å². The van der Waals surface area contributed by atoms with Crippen molar-refractivity contribution in [3.05, 3.63) is 45.7 Å². The lowest BCUT2D eigenvalue weighted by molar-refractivity contribution is 0.548. The van der Waals surface area contributed by atoms with Crippen LogP contribution in [0, 0.1) is 10.5 Å². The highest BCUT2D eigenvalue weighted by Gasteiger charge is 2.04. The molecule has 2 rings (SSSR count). The van der Waals surface area contributed by atoms with Crippen molar-refractivity contribution >= 4 is 22.6 Å². The number of rotatable bonds is 1. The summed E-state index contributed by atoms with van der Waals surface area (Å²) in [5.41, 5.74) is 1.16. The molecular weight excluding hydrogens is 275 g/mol. The molecule has 0 radical (unpaired) electrons. The zero-order valence-electron chi connectivity index (χ0n) is 7.25. The first-order valence-electron chi connectivity index (χ1n) is 4.09. The second-order valence-corrected chi connectivity index (χ2v) is 4.05. The molecule has 1 aromatic carbocycles. The van der Waals surface area contributed by atoms with E-state index < -0.39 is 0 Å². The molecule has 0 saturated heterocycles. The molecule has 13 heavy (non-hydrogen) atoms. The molecule has 2 heteroatoms. The fraction of sp³-hybridized carbons (Fsp3) is 0.0909. The van der Waals surface area contributed by atoms with Gasteiger partial charge in [0.1, 0.15) is 11.5 Å². The molecule has 0 saturated carbocycles. The lowest BCUT2D eigenvalue weighted by atomic mass is 10.2. The molecule has 0 N–H and O–H groups in total. The SMILES string of the molecule is Cc1ccc(-c2ccccc2I)o1. The first kappa shape index (κ1) is 8.81. The molecular formula is C11H9IO. The van der Waals surface area contributed by atoms with Crippen LogP contribution in [-0.4, -0.2) is 0 Å². The van der Waals surface area contributed by atoms with Gasteiger partial charge in [0.05, 0.1) is 0 Å². The first-order chi connectivity index (χ1) is 6.27. The molecule has 0 bridgehead atoms. The van der Waals surface area contributed by atoms with E-state index in [1.165, 1.54) is 3.57 Å². The van der Waals surface area contributed by atoms with E-state index >= 15 is 0 Å². The van der Waals surface area contributed by atoms with Crippen molar-refractivity contribution in [2.75, 3.05) is 0 Å². The van der Waals surface area contributed by atoms with Crippen molar-refractivity contribution < 1.29 is 4.42 Å². The topological polar surface area (TPSA) is 13.1 Å². The fourth-order valence-electron chi connectivity index (χ4n) is 1.24. The third-order valence-electron chi connectivity index (χ3n) is 1.88. The van der Waals surface area contributed by atoms with Crippen LogP contribution in [0.25, 0.3) is 11.3 Å². The van der Waals surface area contributed by atoms with Crippen molar-refractivity contribution in [2.24, 2.45) is 0 Å². The average molecular weight is 284 g/mol. The number of halogens is 1. The molecule has 0 atom stereocenters. The van der Waals surface area contributed by atoms with E-state index in [1.54, 1.807) is 0 Å². The monoisotopic (exact) mass is 284 g/mol. The van der Waals surface area contributed by atoms with Crippen LogP contribution in [-0.2, 0) is 0 Å². The number of aryl methyl sites for hydroxylation is 1. The summed E-state index contributed by atoms with van der Waals surface area (Å²) in [7, 11) is 0. The predicted octanol–water partition coefficient (Wildman–Crippen LogP) is 3.86. The lowest BCUT2D eigenvalue weighted by Crippen LogP contribution is -1.77. The maximum atomic E-state index is 5.55. The maximum Gasteiger partial charge on any atom is 0.135 e. The summed E-state index contributed by atoms with van der Waals surface area (Å²) < 4.78 is 6.76. The Bertz CT molecular complexity index is 418. The van der Waals surface area contributed by atoms with Gasteiger partial charge >= 0.3 is 0 Å². The van der Waals surface area contributed by atoms with Gasteiger partial charge in [-0.15, -0.1) is 0 Å². The maximum absolute atomic E-state index is 5.55. The number of hydrogen-bond donors (Lipinski definition) is 0. The van der Waals surface area contributed by atoms with Crippen molar-refractivity contribution in [3.63, 3.8) is 0 Å². The number of benzene rings is 1. The van der Waals surface area contributed by atoms with Crippen LogP contribution < -0.4 is 0 Å². The molecule has 1 nitrogen and oxygen atoms in total. The normalized spacial score (nSPS) is 10.3. The summed E-state index contributed by atoms with van der Waals surface area (Å²) in [4.78, 5) is 0. The van der Waals surface area contributed by atoms with Gasteiger partial charge in [0.25, 0.3) is 0 Å². The highest BCUT2D eigenvalue weighted by atomic mass is 127. The van der Waals surface area contributed by atoms with E-state index in [2.05, 4.69) is 34.7 Å². The summed E-state index contributed by atoms with van der Waals surface area (Å²) in [6, 6.07) is 12.2. The molecule has 1 aromatic heterocycles. The van der Waals surface area contributed by atoms with E-state index in [-0.39, 0.29) is 0 Å². The molecule has 1 heterocycles. The van der Waals surface area contributed by atoms with Gasteiger partial charge in [-0.2, -0.15) is 0 Å². The smallest absolute Gasteiger partial charge is 0.135 e. The van der Waals surface area contributed by atoms with Gasteiger partial charge in [-0.3, -0.25) is 0 Å². The summed E-state index contributed by atoms with van der Waals surface area (Å²) in [5.74, 6) is 1.90. The quantitative estimate of drug-likeness (QED) is 0.725. The molecule has 0 aliphatic carbocycles. The van der Waals surface area contributed by atoms with Crippen molar-refractivity contribution in [2.45, 2.75) is 6.92 Å². The largest absolute Gasteiger partial charge is 0.461 e. The molecule has 0 amide bonds. The second kappa shape index (κ2) is 3.54. The highest BCUT2D eigenvalue weighted by Crippen LogP contribution is 2.26. The van der Waals surface area contributed by atoms with Crippen LogP contribution in [0.3, 0.4) is 0 Å². The van der Waals surface area contributed by atoms with E-state index in [0.717, 1.165) is 17.1 Å². The summed E-state index contributed by atoms with van der Waals surface area (Å²) in [6.07, 6.45) is 0. The van der Waals surface area contributed by atoms with Crippen molar-refractivity contribution in [1.82, 2.24) is 0 Å². The van der Waals surface area contributed by atoms with Gasteiger partial charge in [0.2, 0.25) is 0 Å². The average Bonchev–Trinajstić information content (AvgIpc) is 2.53. The Morgan fingerprint density at radius 2 is 1.85 bits per heavy atom. The minimum atomic E-state index is 0.947. The molecule has 0 aliphatic heterocycles. The Kier molecular flexibility index (Phi) is 2.40. The van der Waals surface area contributed by atoms with Gasteiger partial charge in [-0.1, -0.05) is 18.2 Å². The molecule has 0 fully saturated rings. The second-order valence-electron chi connectivity index (χ2n) is 2.89. The summed E-state index contributed by atoms with van der Waals surface area (Å²) in [5, 5.41) is 0. The Balaban J connectivity index is 2.52.